The lowest BCUT2D eigenvalue weighted by Gasteiger charge is -2.24. The summed E-state index contributed by atoms with van der Waals surface area (Å²) in [6.07, 6.45) is 2.13. The minimum atomic E-state index is 0.206. The highest BCUT2D eigenvalue weighted by Gasteiger charge is 2.16. The summed E-state index contributed by atoms with van der Waals surface area (Å²) in [5.74, 6) is 0.854. The molecule has 0 aromatic heterocycles. The van der Waals surface area contributed by atoms with E-state index in [0.29, 0.717) is 0 Å². The molecule has 0 aliphatic carbocycles. The Hall–Kier alpha value is -1.16. The Morgan fingerprint density at radius 2 is 1.95 bits per heavy atom. The van der Waals surface area contributed by atoms with Crippen LogP contribution < -0.4 is 10.6 Å². The van der Waals surface area contributed by atoms with Crippen molar-refractivity contribution in [1.82, 2.24) is 10.6 Å². The number of hydrogen-bond donors (Lipinski definition) is 2. The Balaban J connectivity index is 2.54. The van der Waals surface area contributed by atoms with Gasteiger partial charge in [0.2, 0.25) is 0 Å². The molecule has 0 unspecified atom stereocenters. The number of nitrogens with one attached hydrogen (secondary N) is 2. The topological polar surface area (TPSA) is 36.4 Å². The SMILES string of the molecule is CN=C(NCc1ccc(C)cc1C)NCC(C)(C)SC. The molecule has 112 valence electrons. The van der Waals surface area contributed by atoms with Crippen LogP contribution in [0.15, 0.2) is 23.2 Å². The smallest absolute Gasteiger partial charge is 0.191 e. The van der Waals surface area contributed by atoms with Crippen molar-refractivity contribution >= 4 is 17.7 Å². The molecule has 0 atom stereocenters. The van der Waals surface area contributed by atoms with E-state index in [1.54, 1.807) is 0 Å². The van der Waals surface area contributed by atoms with E-state index in [9.17, 15) is 0 Å². The standard InChI is InChI=1S/C16H27N3S/c1-12-7-8-14(13(2)9-12)10-18-15(17-5)19-11-16(3,4)20-6/h7-9H,10-11H2,1-6H3,(H2,17,18,19). The maximum Gasteiger partial charge on any atom is 0.191 e. The van der Waals surface area contributed by atoms with Crippen LogP contribution in [0.25, 0.3) is 0 Å². The van der Waals surface area contributed by atoms with Gasteiger partial charge in [0.25, 0.3) is 0 Å². The molecular weight excluding hydrogens is 266 g/mol. The third-order valence-electron chi connectivity index (χ3n) is 3.40. The molecule has 0 spiro atoms. The lowest BCUT2D eigenvalue weighted by Crippen LogP contribution is -2.43. The maximum absolute atomic E-state index is 4.27. The molecule has 0 aliphatic heterocycles. The zero-order valence-electron chi connectivity index (χ0n) is 13.5. The van der Waals surface area contributed by atoms with Crippen LogP contribution in [0.3, 0.4) is 0 Å². The highest BCUT2D eigenvalue weighted by Crippen LogP contribution is 2.19. The summed E-state index contributed by atoms with van der Waals surface area (Å²) in [6.45, 7) is 10.4. The molecule has 0 radical (unpaired) electrons. The molecule has 0 bridgehead atoms. The Labute approximate surface area is 127 Å². The summed E-state index contributed by atoms with van der Waals surface area (Å²) in [4.78, 5) is 4.27. The van der Waals surface area contributed by atoms with E-state index in [-0.39, 0.29) is 4.75 Å². The Morgan fingerprint density at radius 3 is 2.50 bits per heavy atom. The van der Waals surface area contributed by atoms with Gasteiger partial charge in [0.15, 0.2) is 5.96 Å². The fourth-order valence-corrected chi connectivity index (χ4v) is 2.03. The van der Waals surface area contributed by atoms with Crippen LogP contribution in [-0.4, -0.2) is 30.6 Å². The molecule has 0 fully saturated rings. The zero-order valence-corrected chi connectivity index (χ0v) is 14.3. The van der Waals surface area contributed by atoms with Crippen LogP contribution in [0, 0.1) is 13.8 Å². The first-order chi connectivity index (χ1) is 9.38. The monoisotopic (exact) mass is 293 g/mol. The van der Waals surface area contributed by atoms with Crippen LogP contribution in [-0.2, 0) is 6.54 Å². The summed E-state index contributed by atoms with van der Waals surface area (Å²) < 4.78 is 0.206. The predicted octanol–water partition coefficient (Wildman–Crippen LogP) is 3.11. The molecule has 3 nitrogen and oxygen atoms in total. The summed E-state index contributed by atoms with van der Waals surface area (Å²) >= 11 is 1.85. The summed E-state index contributed by atoms with van der Waals surface area (Å²) in [7, 11) is 1.81. The van der Waals surface area contributed by atoms with Crippen molar-refractivity contribution in [3.05, 3.63) is 34.9 Å². The van der Waals surface area contributed by atoms with Crippen molar-refractivity contribution in [2.45, 2.75) is 39.0 Å². The molecule has 1 aromatic carbocycles. The minimum absolute atomic E-state index is 0.206. The van der Waals surface area contributed by atoms with Crippen LogP contribution >= 0.6 is 11.8 Å². The van der Waals surface area contributed by atoms with Crippen LogP contribution in [0.4, 0.5) is 0 Å². The first-order valence-corrected chi connectivity index (χ1v) is 8.16. The van der Waals surface area contributed by atoms with Crippen molar-refractivity contribution in [1.29, 1.82) is 0 Å². The second-order valence-corrected chi connectivity index (χ2v) is 7.19. The summed E-state index contributed by atoms with van der Waals surface area (Å²) in [5.41, 5.74) is 3.93. The van der Waals surface area contributed by atoms with Crippen molar-refractivity contribution in [3.63, 3.8) is 0 Å². The minimum Gasteiger partial charge on any atom is -0.355 e. The number of benzene rings is 1. The van der Waals surface area contributed by atoms with Crippen LogP contribution in [0.1, 0.15) is 30.5 Å². The van der Waals surface area contributed by atoms with E-state index in [0.717, 1.165) is 19.0 Å². The highest BCUT2D eigenvalue weighted by molar-refractivity contribution is 7.99. The molecular formula is C16H27N3S. The Kier molecular flexibility index (Phi) is 6.40. The number of hydrogen-bond acceptors (Lipinski definition) is 2. The number of aryl methyl sites for hydroxylation is 2. The van der Waals surface area contributed by atoms with Crippen molar-refractivity contribution in [3.8, 4) is 0 Å². The van der Waals surface area contributed by atoms with Crippen molar-refractivity contribution in [2.24, 2.45) is 4.99 Å². The average Bonchev–Trinajstić information content (AvgIpc) is 2.41. The van der Waals surface area contributed by atoms with Gasteiger partial charge in [-0.2, -0.15) is 11.8 Å². The first-order valence-electron chi connectivity index (χ1n) is 6.94. The van der Waals surface area contributed by atoms with E-state index in [1.807, 2.05) is 18.8 Å². The zero-order chi connectivity index (χ0) is 15.2. The van der Waals surface area contributed by atoms with Gasteiger partial charge in [-0.05, 0) is 45.1 Å². The molecule has 1 aromatic rings. The van der Waals surface area contributed by atoms with E-state index in [2.05, 4.69) is 67.8 Å². The molecule has 0 heterocycles. The molecule has 0 aliphatic rings. The molecule has 2 N–H and O–H groups in total. The van der Waals surface area contributed by atoms with Gasteiger partial charge in [0.1, 0.15) is 0 Å². The van der Waals surface area contributed by atoms with Gasteiger partial charge in [-0.1, -0.05) is 23.8 Å². The van der Waals surface area contributed by atoms with Gasteiger partial charge in [0, 0.05) is 24.9 Å². The van der Waals surface area contributed by atoms with Crippen LogP contribution in [0.5, 0.6) is 0 Å². The van der Waals surface area contributed by atoms with Gasteiger partial charge in [-0.3, -0.25) is 4.99 Å². The largest absolute Gasteiger partial charge is 0.355 e. The molecule has 0 saturated heterocycles. The second kappa shape index (κ2) is 7.58. The van der Waals surface area contributed by atoms with Gasteiger partial charge in [0.05, 0.1) is 0 Å². The Morgan fingerprint density at radius 1 is 1.25 bits per heavy atom. The lowest BCUT2D eigenvalue weighted by molar-refractivity contribution is 0.664. The van der Waals surface area contributed by atoms with Crippen molar-refractivity contribution < 1.29 is 0 Å². The molecule has 0 amide bonds. The van der Waals surface area contributed by atoms with Crippen molar-refractivity contribution in [2.75, 3.05) is 19.8 Å². The normalized spacial score (nSPS) is 12.4. The Bertz CT molecular complexity index is 467. The van der Waals surface area contributed by atoms with Gasteiger partial charge >= 0.3 is 0 Å². The third kappa shape index (κ3) is 5.45. The molecule has 0 saturated carbocycles. The number of aliphatic imine (C=N–C) groups is 1. The maximum atomic E-state index is 4.27. The number of rotatable bonds is 5. The summed E-state index contributed by atoms with van der Waals surface area (Å²) in [5, 5.41) is 6.75. The fraction of sp³-hybridized carbons (Fsp3) is 0.562. The van der Waals surface area contributed by atoms with E-state index in [1.165, 1.54) is 16.7 Å². The van der Waals surface area contributed by atoms with Gasteiger partial charge < -0.3 is 10.6 Å². The molecule has 20 heavy (non-hydrogen) atoms. The van der Waals surface area contributed by atoms with E-state index >= 15 is 0 Å². The van der Waals surface area contributed by atoms with E-state index < -0.39 is 0 Å². The fourth-order valence-electron chi connectivity index (χ4n) is 1.81. The average molecular weight is 293 g/mol. The second-order valence-electron chi connectivity index (χ2n) is 5.67. The van der Waals surface area contributed by atoms with Crippen LogP contribution in [0.2, 0.25) is 0 Å². The lowest BCUT2D eigenvalue weighted by atomic mass is 10.1. The predicted molar refractivity (Wildman–Crippen MR) is 91.7 cm³/mol. The number of guanidine groups is 1. The number of thioether (sulfide) groups is 1. The molecule has 1 rings (SSSR count). The summed E-state index contributed by atoms with van der Waals surface area (Å²) in [6, 6.07) is 6.54. The molecule has 4 heteroatoms. The highest BCUT2D eigenvalue weighted by atomic mass is 32.2. The first kappa shape index (κ1) is 16.9. The third-order valence-corrected chi connectivity index (χ3v) is 4.65. The van der Waals surface area contributed by atoms with Gasteiger partial charge in [-0.25, -0.2) is 0 Å². The van der Waals surface area contributed by atoms with Gasteiger partial charge in [-0.15, -0.1) is 0 Å². The van der Waals surface area contributed by atoms with E-state index in [4.69, 9.17) is 0 Å². The number of nitrogens with zero attached hydrogens (tertiary/aromatic N) is 1. The quantitative estimate of drug-likeness (QED) is 0.647.